The van der Waals surface area contributed by atoms with Crippen molar-refractivity contribution in [2.75, 3.05) is 18.2 Å². The topological polar surface area (TPSA) is 94.4 Å². The van der Waals surface area contributed by atoms with Crippen LogP contribution in [0.25, 0.3) is 10.2 Å². The van der Waals surface area contributed by atoms with Gasteiger partial charge in [-0.15, -0.1) is 11.8 Å². The van der Waals surface area contributed by atoms with Crippen molar-refractivity contribution >= 4 is 50.0 Å². The predicted molar refractivity (Wildman–Crippen MR) is 108 cm³/mol. The van der Waals surface area contributed by atoms with Gasteiger partial charge in [-0.3, -0.25) is 14.9 Å². The third kappa shape index (κ3) is 4.75. The number of hydrogen-bond acceptors (Lipinski definition) is 7. The second-order valence-corrected chi connectivity index (χ2v) is 7.93. The minimum absolute atomic E-state index is 0.0737. The van der Waals surface area contributed by atoms with E-state index in [0.29, 0.717) is 33.3 Å². The van der Waals surface area contributed by atoms with Crippen LogP contribution in [0.3, 0.4) is 0 Å². The molecule has 7 nitrogen and oxygen atoms in total. The fraction of sp³-hybridized carbons (Fsp3) is 0.222. The van der Waals surface area contributed by atoms with Gasteiger partial charge in [0.05, 0.1) is 22.8 Å². The van der Waals surface area contributed by atoms with Crippen LogP contribution in [0.1, 0.15) is 12.0 Å². The first-order chi connectivity index (χ1) is 13.0. The summed E-state index contributed by atoms with van der Waals surface area (Å²) in [6.45, 7) is 2.03. The molecule has 2 aromatic carbocycles. The first-order valence-electron chi connectivity index (χ1n) is 8.08. The van der Waals surface area contributed by atoms with Crippen molar-refractivity contribution in [3.63, 3.8) is 0 Å². The van der Waals surface area contributed by atoms with Crippen LogP contribution in [-0.2, 0) is 4.79 Å². The zero-order valence-electron chi connectivity index (χ0n) is 14.7. The lowest BCUT2D eigenvalue weighted by Crippen LogP contribution is -2.11. The molecule has 1 N–H and O–H groups in total. The number of nitro groups is 1. The number of benzene rings is 2. The molecule has 140 valence electrons. The molecule has 0 bridgehead atoms. The van der Waals surface area contributed by atoms with E-state index in [4.69, 9.17) is 4.74 Å². The molecule has 0 spiro atoms. The summed E-state index contributed by atoms with van der Waals surface area (Å²) in [5.74, 6) is 0.808. The molecule has 0 aliphatic rings. The van der Waals surface area contributed by atoms with E-state index < -0.39 is 4.92 Å². The number of nitro benzene ring substituents is 1. The van der Waals surface area contributed by atoms with E-state index in [-0.39, 0.29) is 11.6 Å². The van der Waals surface area contributed by atoms with E-state index in [1.54, 1.807) is 11.8 Å². The summed E-state index contributed by atoms with van der Waals surface area (Å²) >= 11 is 2.80. The first-order valence-corrected chi connectivity index (χ1v) is 9.89. The van der Waals surface area contributed by atoms with Gasteiger partial charge < -0.3 is 10.1 Å². The summed E-state index contributed by atoms with van der Waals surface area (Å²) in [4.78, 5) is 28.1. The van der Waals surface area contributed by atoms with Crippen LogP contribution in [0.2, 0.25) is 0 Å². The van der Waals surface area contributed by atoms with Crippen molar-refractivity contribution in [2.24, 2.45) is 0 Å². The highest BCUT2D eigenvalue weighted by atomic mass is 32.2. The first kappa shape index (κ1) is 19.1. The van der Waals surface area contributed by atoms with Gasteiger partial charge in [-0.2, -0.15) is 0 Å². The van der Waals surface area contributed by atoms with E-state index in [9.17, 15) is 14.9 Å². The molecule has 3 aromatic rings. The van der Waals surface area contributed by atoms with Gasteiger partial charge in [-0.05, 0) is 19.1 Å². The number of amides is 1. The molecule has 0 fully saturated rings. The van der Waals surface area contributed by atoms with Crippen LogP contribution < -0.4 is 10.1 Å². The number of nitrogens with one attached hydrogen (secondary N) is 1. The minimum Gasteiger partial charge on any atom is -0.494 e. The molecule has 1 aromatic heterocycles. The van der Waals surface area contributed by atoms with Crippen molar-refractivity contribution < 1.29 is 14.5 Å². The smallest absolute Gasteiger partial charge is 0.274 e. The third-order valence-electron chi connectivity index (χ3n) is 3.74. The number of thiazole rings is 1. The standard InChI is InChI=1S/C18H17N3O4S2/c1-11-3-5-13(6-4-11)26-8-7-16(22)19-18-20-17-14(25-2)9-12(21(23)24)10-15(17)27-18/h3-6,9-10H,7-8H2,1-2H3,(H,19,20,22). The van der Waals surface area contributed by atoms with Crippen LogP contribution >= 0.6 is 23.1 Å². The molecule has 0 unspecified atom stereocenters. The molecule has 9 heteroatoms. The van der Waals surface area contributed by atoms with Crippen LogP contribution in [-0.4, -0.2) is 28.7 Å². The highest BCUT2D eigenvalue weighted by Gasteiger charge is 2.17. The maximum Gasteiger partial charge on any atom is 0.274 e. The Morgan fingerprint density at radius 2 is 2.07 bits per heavy atom. The van der Waals surface area contributed by atoms with Crippen molar-refractivity contribution in [1.29, 1.82) is 0 Å². The molecule has 27 heavy (non-hydrogen) atoms. The van der Waals surface area contributed by atoms with E-state index in [1.165, 1.54) is 36.1 Å². The SMILES string of the molecule is COc1cc([N+](=O)[O-])cc2sc(NC(=O)CCSc3ccc(C)cc3)nc12. The lowest BCUT2D eigenvalue weighted by Gasteiger charge is -2.03. The number of methoxy groups -OCH3 is 1. The van der Waals surface area contributed by atoms with Gasteiger partial charge in [-0.1, -0.05) is 29.0 Å². The quantitative estimate of drug-likeness (QED) is 0.351. The number of ether oxygens (including phenoxy) is 1. The fourth-order valence-corrected chi connectivity index (χ4v) is 4.16. The van der Waals surface area contributed by atoms with Crippen molar-refractivity contribution in [1.82, 2.24) is 4.98 Å². The second kappa shape index (κ2) is 8.36. The second-order valence-electron chi connectivity index (χ2n) is 5.73. The molecule has 0 aliphatic heterocycles. The molecule has 1 amide bonds. The summed E-state index contributed by atoms with van der Waals surface area (Å²) < 4.78 is 5.77. The van der Waals surface area contributed by atoms with Crippen LogP contribution in [0.15, 0.2) is 41.3 Å². The highest BCUT2D eigenvalue weighted by Crippen LogP contribution is 2.36. The van der Waals surface area contributed by atoms with E-state index in [2.05, 4.69) is 10.3 Å². The number of fused-ring (bicyclic) bond motifs is 1. The van der Waals surface area contributed by atoms with E-state index in [0.717, 1.165) is 4.90 Å². The maximum atomic E-state index is 12.2. The summed E-state index contributed by atoms with van der Waals surface area (Å²) in [6, 6.07) is 10.9. The molecular formula is C18H17N3O4S2. The zero-order chi connectivity index (χ0) is 19.4. The van der Waals surface area contributed by atoms with Gasteiger partial charge in [0.2, 0.25) is 5.91 Å². The molecule has 0 saturated carbocycles. The molecular weight excluding hydrogens is 386 g/mol. The monoisotopic (exact) mass is 403 g/mol. The van der Waals surface area contributed by atoms with Gasteiger partial charge >= 0.3 is 0 Å². The number of nitrogens with zero attached hydrogens (tertiary/aromatic N) is 2. The number of rotatable bonds is 7. The lowest BCUT2D eigenvalue weighted by molar-refractivity contribution is -0.384. The summed E-state index contributed by atoms with van der Waals surface area (Å²) in [7, 11) is 1.43. The Hall–Kier alpha value is -2.65. The predicted octanol–water partition coefficient (Wildman–Crippen LogP) is 4.64. The van der Waals surface area contributed by atoms with Crippen molar-refractivity contribution in [3.05, 3.63) is 52.1 Å². The van der Waals surface area contributed by atoms with Crippen molar-refractivity contribution in [2.45, 2.75) is 18.2 Å². The maximum absolute atomic E-state index is 12.2. The Bertz CT molecular complexity index is 986. The normalized spacial score (nSPS) is 10.7. The van der Waals surface area contributed by atoms with Gasteiger partial charge in [0.1, 0.15) is 5.52 Å². The number of hydrogen-bond donors (Lipinski definition) is 1. The number of carbonyl (C=O) groups excluding carboxylic acids is 1. The number of thioether (sulfide) groups is 1. The third-order valence-corrected chi connectivity index (χ3v) is 5.67. The van der Waals surface area contributed by atoms with Gasteiger partial charge in [0.25, 0.3) is 5.69 Å². The van der Waals surface area contributed by atoms with E-state index in [1.807, 2.05) is 31.2 Å². The molecule has 0 radical (unpaired) electrons. The number of non-ortho nitro benzene ring substituents is 1. The number of anilines is 1. The average molecular weight is 403 g/mol. The van der Waals surface area contributed by atoms with Crippen LogP contribution in [0.4, 0.5) is 10.8 Å². The molecule has 3 rings (SSSR count). The lowest BCUT2D eigenvalue weighted by atomic mass is 10.2. The minimum atomic E-state index is -0.484. The fourth-order valence-electron chi connectivity index (χ4n) is 2.38. The molecule has 0 saturated heterocycles. The van der Waals surface area contributed by atoms with Crippen LogP contribution in [0.5, 0.6) is 5.75 Å². The summed E-state index contributed by atoms with van der Waals surface area (Å²) in [6.07, 6.45) is 0.339. The number of aromatic nitrogens is 1. The van der Waals surface area contributed by atoms with Crippen LogP contribution in [0, 0.1) is 17.0 Å². The van der Waals surface area contributed by atoms with E-state index >= 15 is 0 Å². The summed E-state index contributed by atoms with van der Waals surface area (Å²) in [5, 5.41) is 14.2. The number of carbonyl (C=O) groups is 1. The molecule has 0 atom stereocenters. The zero-order valence-corrected chi connectivity index (χ0v) is 16.4. The Labute approximate surface area is 163 Å². The highest BCUT2D eigenvalue weighted by molar-refractivity contribution is 7.99. The van der Waals surface area contributed by atoms with Gasteiger partial charge in [-0.25, -0.2) is 4.98 Å². The molecule has 0 aliphatic carbocycles. The number of aryl methyl sites for hydroxylation is 1. The summed E-state index contributed by atoms with van der Waals surface area (Å²) in [5.41, 5.74) is 1.62. The molecule has 1 heterocycles. The van der Waals surface area contributed by atoms with Crippen molar-refractivity contribution in [3.8, 4) is 5.75 Å². The average Bonchev–Trinajstić information content (AvgIpc) is 3.04. The van der Waals surface area contributed by atoms with Gasteiger partial charge in [0, 0.05) is 23.1 Å². The van der Waals surface area contributed by atoms with Gasteiger partial charge in [0.15, 0.2) is 10.9 Å². The largest absolute Gasteiger partial charge is 0.494 e. The Morgan fingerprint density at radius 1 is 1.33 bits per heavy atom. The Morgan fingerprint density at radius 3 is 2.74 bits per heavy atom. The Kier molecular flexibility index (Phi) is 5.92. The Balaban J connectivity index is 1.64.